The number of nitrogens with one attached hydrogen (secondary N) is 2. The summed E-state index contributed by atoms with van der Waals surface area (Å²) in [6.07, 6.45) is 0.702. The van der Waals surface area contributed by atoms with E-state index < -0.39 is 6.10 Å². The predicted molar refractivity (Wildman–Crippen MR) is 80.4 cm³/mol. The van der Waals surface area contributed by atoms with Crippen molar-refractivity contribution in [3.8, 4) is 5.75 Å². The molecule has 0 aliphatic heterocycles. The van der Waals surface area contributed by atoms with Crippen molar-refractivity contribution in [3.63, 3.8) is 0 Å². The Balaban J connectivity index is 2.06. The number of amides is 1. The third-order valence-electron chi connectivity index (χ3n) is 3.21. The first-order valence-corrected chi connectivity index (χ1v) is 6.90. The van der Waals surface area contributed by atoms with Gasteiger partial charge in [0.15, 0.2) is 6.10 Å². The van der Waals surface area contributed by atoms with E-state index in [0.29, 0.717) is 11.9 Å². The zero-order valence-corrected chi connectivity index (χ0v) is 12.7. The Morgan fingerprint density at radius 2 is 2.10 bits per heavy atom. The maximum atomic E-state index is 12.0. The summed E-state index contributed by atoms with van der Waals surface area (Å²) in [5.74, 6) is 1.16. The summed E-state index contributed by atoms with van der Waals surface area (Å²) in [6.45, 7) is 7.90. The van der Waals surface area contributed by atoms with Crippen LogP contribution in [-0.4, -0.2) is 27.2 Å². The molecule has 0 aliphatic carbocycles. The molecule has 0 bridgehead atoms. The van der Waals surface area contributed by atoms with Crippen molar-refractivity contribution in [1.82, 2.24) is 15.2 Å². The SMILES string of the molecule is Cc1ccc(C(C)C)cc1OC(C)C(=O)Nc1ncn[nH]1. The molecule has 0 radical (unpaired) electrons. The van der Waals surface area contributed by atoms with Crippen LogP contribution < -0.4 is 10.1 Å². The number of anilines is 1. The fourth-order valence-electron chi connectivity index (χ4n) is 1.83. The third-order valence-corrected chi connectivity index (χ3v) is 3.21. The van der Waals surface area contributed by atoms with Gasteiger partial charge in [-0.1, -0.05) is 26.0 Å². The largest absolute Gasteiger partial charge is 0.481 e. The lowest BCUT2D eigenvalue weighted by atomic mass is 10.0. The highest BCUT2D eigenvalue weighted by Crippen LogP contribution is 2.25. The summed E-state index contributed by atoms with van der Waals surface area (Å²) >= 11 is 0. The standard InChI is InChI=1S/C15H20N4O2/c1-9(2)12-6-5-10(3)13(7-12)21-11(4)14(20)18-15-16-8-17-19-15/h5-9,11H,1-4H3,(H2,16,17,18,19,20). The number of aromatic amines is 1. The molecule has 2 N–H and O–H groups in total. The summed E-state index contributed by atoms with van der Waals surface area (Å²) in [7, 11) is 0. The molecular formula is C15H20N4O2. The van der Waals surface area contributed by atoms with E-state index >= 15 is 0 Å². The van der Waals surface area contributed by atoms with Crippen LogP contribution in [0.1, 0.15) is 37.8 Å². The number of benzene rings is 1. The highest BCUT2D eigenvalue weighted by atomic mass is 16.5. The lowest BCUT2D eigenvalue weighted by molar-refractivity contribution is -0.122. The van der Waals surface area contributed by atoms with E-state index in [1.807, 2.05) is 19.1 Å². The van der Waals surface area contributed by atoms with Crippen LogP contribution in [0.3, 0.4) is 0 Å². The fourth-order valence-corrected chi connectivity index (χ4v) is 1.83. The Labute approximate surface area is 123 Å². The van der Waals surface area contributed by atoms with Crippen LogP contribution in [0.4, 0.5) is 5.95 Å². The number of ether oxygens (including phenoxy) is 1. The zero-order valence-electron chi connectivity index (χ0n) is 12.7. The van der Waals surface area contributed by atoms with Gasteiger partial charge in [-0.15, -0.1) is 0 Å². The molecule has 6 heteroatoms. The van der Waals surface area contributed by atoms with Gasteiger partial charge in [0, 0.05) is 0 Å². The summed E-state index contributed by atoms with van der Waals surface area (Å²) in [5.41, 5.74) is 2.18. The van der Waals surface area contributed by atoms with Crippen LogP contribution in [0.15, 0.2) is 24.5 Å². The molecular weight excluding hydrogens is 268 g/mol. The Morgan fingerprint density at radius 3 is 2.71 bits per heavy atom. The second-order valence-corrected chi connectivity index (χ2v) is 5.26. The van der Waals surface area contributed by atoms with E-state index in [9.17, 15) is 4.79 Å². The van der Waals surface area contributed by atoms with Gasteiger partial charge in [0.05, 0.1) is 0 Å². The van der Waals surface area contributed by atoms with Crippen LogP contribution in [0.2, 0.25) is 0 Å². The van der Waals surface area contributed by atoms with Crippen molar-refractivity contribution in [1.29, 1.82) is 0 Å². The van der Waals surface area contributed by atoms with Gasteiger partial charge in [-0.3, -0.25) is 10.1 Å². The molecule has 0 aliphatic rings. The molecule has 21 heavy (non-hydrogen) atoms. The molecule has 0 fully saturated rings. The molecule has 1 aromatic carbocycles. The third kappa shape index (κ3) is 3.81. The summed E-state index contributed by atoms with van der Waals surface area (Å²) in [4.78, 5) is 15.9. The number of carbonyl (C=O) groups is 1. The molecule has 0 saturated carbocycles. The number of aryl methyl sites for hydroxylation is 1. The quantitative estimate of drug-likeness (QED) is 0.886. The van der Waals surface area contributed by atoms with Gasteiger partial charge in [-0.2, -0.15) is 10.1 Å². The predicted octanol–water partition coefficient (Wildman–Crippen LogP) is 2.64. The normalized spacial score (nSPS) is 12.2. The topological polar surface area (TPSA) is 79.9 Å². The maximum absolute atomic E-state index is 12.0. The maximum Gasteiger partial charge on any atom is 0.267 e. The van der Waals surface area contributed by atoms with Crippen LogP contribution in [0.25, 0.3) is 0 Å². The Hall–Kier alpha value is -2.37. The first kappa shape index (κ1) is 15.0. The minimum absolute atomic E-state index is 0.277. The highest BCUT2D eigenvalue weighted by Gasteiger charge is 2.17. The summed E-state index contributed by atoms with van der Waals surface area (Å²) < 4.78 is 5.77. The van der Waals surface area contributed by atoms with Crippen molar-refractivity contribution in [2.75, 3.05) is 5.32 Å². The van der Waals surface area contributed by atoms with E-state index in [4.69, 9.17) is 4.74 Å². The highest BCUT2D eigenvalue weighted by molar-refractivity contribution is 5.92. The molecule has 1 unspecified atom stereocenters. The van der Waals surface area contributed by atoms with Gasteiger partial charge in [0.25, 0.3) is 5.91 Å². The van der Waals surface area contributed by atoms with Crippen LogP contribution in [0.5, 0.6) is 5.75 Å². The van der Waals surface area contributed by atoms with Crippen molar-refractivity contribution in [2.24, 2.45) is 0 Å². The van der Waals surface area contributed by atoms with E-state index in [0.717, 1.165) is 11.3 Å². The van der Waals surface area contributed by atoms with Crippen molar-refractivity contribution >= 4 is 11.9 Å². The van der Waals surface area contributed by atoms with Crippen LogP contribution >= 0.6 is 0 Å². The second kappa shape index (κ2) is 6.39. The van der Waals surface area contributed by atoms with Gasteiger partial charge in [0.1, 0.15) is 12.1 Å². The lowest BCUT2D eigenvalue weighted by Crippen LogP contribution is -2.30. The number of nitrogens with zero attached hydrogens (tertiary/aromatic N) is 2. The van der Waals surface area contributed by atoms with Gasteiger partial charge < -0.3 is 4.74 Å². The molecule has 2 rings (SSSR count). The molecule has 1 amide bonds. The van der Waals surface area contributed by atoms with Crippen LogP contribution in [0, 0.1) is 6.92 Å². The monoisotopic (exact) mass is 288 g/mol. The number of carbonyl (C=O) groups excluding carboxylic acids is 1. The molecule has 0 saturated heterocycles. The van der Waals surface area contributed by atoms with Gasteiger partial charge in [-0.05, 0) is 37.0 Å². The Kier molecular flexibility index (Phi) is 4.57. The zero-order chi connectivity index (χ0) is 15.4. The number of hydrogen-bond acceptors (Lipinski definition) is 4. The number of aromatic nitrogens is 3. The van der Waals surface area contributed by atoms with Gasteiger partial charge >= 0.3 is 0 Å². The van der Waals surface area contributed by atoms with Crippen molar-refractivity contribution in [3.05, 3.63) is 35.7 Å². The number of hydrogen-bond donors (Lipinski definition) is 2. The van der Waals surface area contributed by atoms with E-state index in [1.54, 1.807) is 6.92 Å². The van der Waals surface area contributed by atoms with E-state index in [-0.39, 0.29) is 5.91 Å². The number of H-pyrrole nitrogens is 1. The summed E-state index contributed by atoms with van der Waals surface area (Å²) in [5, 5.41) is 8.85. The average Bonchev–Trinajstić information content (AvgIpc) is 2.93. The second-order valence-electron chi connectivity index (χ2n) is 5.26. The molecule has 1 atom stereocenters. The minimum atomic E-state index is -0.629. The first-order chi connectivity index (χ1) is 9.97. The van der Waals surface area contributed by atoms with Crippen molar-refractivity contribution in [2.45, 2.75) is 39.7 Å². The molecule has 112 valence electrons. The molecule has 1 aromatic heterocycles. The smallest absolute Gasteiger partial charge is 0.267 e. The Morgan fingerprint density at radius 1 is 1.33 bits per heavy atom. The average molecular weight is 288 g/mol. The molecule has 2 aromatic rings. The van der Waals surface area contributed by atoms with E-state index in [1.165, 1.54) is 11.9 Å². The van der Waals surface area contributed by atoms with E-state index in [2.05, 4.69) is 40.4 Å². The molecule has 1 heterocycles. The van der Waals surface area contributed by atoms with Crippen molar-refractivity contribution < 1.29 is 9.53 Å². The first-order valence-electron chi connectivity index (χ1n) is 6.90. The molecule has 6 nitrogen and oxygen atoms in total. The van der Waals surface area contributed by atoms with Gasteiger partial charge in [0.2, 0.25) is 5.95 Å². The molecule has 0 spiro atoms. The van der Waals surface area contributed by atoms with Gasteiger partial charge in [-0.25, -0.2) is 5.10 Å². The van der Waals surface area contributed by atoms with Crippen LogP contribution in [-0.2, 0) is 4.79 Å². The minimum Gasteiger partial charge on any atom is -0.481 e. The fraction of sp³-hybridized carbons (Fsp3) is 0.400. The lowest BCUT2D eigenvalue weighted by Gasteiger charge is -2.17. The number of rotatable bonds is 5. The Bertz CT molecular complexity index is 608. The summed E-state index contributed by atoms with van der Waals surface area (Å²) in [6, 6.07) is 6.07.